The van der Waals surface area contributed by atoms with Crippen molar-refractivity contribution in [1.29, 1.82) is 5.26 Å². The van der Waals surface area contributed by atoms with Crippen LogP contribution in [0, 0.1) is 17.2 Å². The Labute approximate surface area is 78.0 Å². The molecule has 0 aliphatic heterocycles. The molecule has 12 heavy (non-hydrogen) atoms. The standard InChI is InChI=1S/C9H15NOS/c1-7(2)5-12-9(6-10)3-8(11)4-9/h7-8,11H,3-5H2,1-2H3. The fraction of sp³-hybridized carbons (Fsp3) is 0.889. The van der Waals surface area contributed by atoms with E-state index in [1.807, 2.05) is 0 Å². The molecule has 0 bridgehead atoms. The van der Waals surface area contributed by atoms with Crippen LogP contribution in [0.15, 0.2) is 0 Å². The first-order valence-electron chi connectivity index (χ1n) is 4.31. The Morgan fingerprint density at radius 3 is 2.58 bits per heavy atom. The summed E-state index contributed by atoms with van der Waals surface area (Å²) in [7, 11) is 0. The minimum absolute atomic E-state index is 0.232. The molecule has 2 nitrogen and oxygen atoms in total. The van der Waals surface area contributed by atoms with Crippen molar-refractivity contribution >= 4 is 11.8 Å². The maximum Gasteiger partial charge on any atom is 0.107 e. The van der Waals surface area contributed by atoms with Gasteiger partial charge in [0, 0.05) is 12.8 Å². The normalized spacial score (nSPS) is 34.4. The fourth-order valence-electron chi connectivity index (χ4n) is 1.27. The van der Waals surface area contributed by atoms with Crippen LogP contribution < -0.4 is 0 Å². The van der Waals surface area contributed by atoms with Gasteiger partial charge in [0.1, 0.15) is 4.75 Å². The molecule has 0 atom stereocenters. The number of nitrogens with zero attached hydrogens (tertiary/aromatic N) is 1. The summed E-state index contributed by atoms with van der Waals surface area (Å²) in [5.41, 5.74) is 0. The third-order valence-corrected chi connectivity index (χ3v) is 3.84. The summed E-state index contributed by atoms with van der Waals surface area (Å²) in [6.07, 6.45) is 1.08. The predicted octanol–water partition coefficient (Wildman–Crippen LogP) is 1.79. The third kappa shape index (κ3) is 2.15. The lowest BCUT2D eigenvalue weighted by Gasteiger charge is -2.39. The lowest BCUT2D eigenvalue weighted by Crippen LogP contribution is -2.43. The predicted molar refractivity (Wildman–Crippen MR) is 50.9 cm³/mol. The monoisotopic (exact) mass is 185 g/mol. The molecule has 0 aromatic heterocycles. The SMILES string of the molecule is CC(C)CSC1(C#N)CC(O)C1. The van der Waals surface area contributed by atoms with Crippen molar-refractivity contribution in [3.63, 3.8) is 0 Å². The average molecular weight is 185 g/mol. The van der Waals surface area contributed by atoms with E-state index in [-0.39, 0.29) is 10.9 Å². The van der Waals surface area contributed by atoms with Gasteiger partial charge in [-0.3, -0.25) is 0 Å². The zero-order chi connectivity index (χ0) is 9.19. The van der Waals surface area contributed by atoms with Gasteiger partial charge in [-0.15, -0.1) is 11.8 Å². The number of aliphatic hydroxyl groups is 1. The molecule has 1 aliphatic rings. The van der Waals surface area contributed by atoms with E-state index in [4.69, 9.17) is 10.4 Å². The van der Waals surface area contributed by atoms with Crippen molar-refractivity contribution < 1.29 is 5.11 Å². The molecule has 1 N–H and O–H groups in total. The van der Waals surface area contributed by atoms with Crippen molar-refractivity contribution in [1.82, 2.24) is 0 Å². The molecule has 0 unspecified atom stereocenters. The van der Waals surface area contributed by atoms with E-state index < -0.39 is 0 Å². The molecule has 0 saturated heterocycles. The number of aliphatic hydroxyl groups excluding tert-OH is 1. The van der Waals surface area contributed by atoms with Crippen LogP contribution in [0.25, 0.3) is 0 Å². The molecule has 1 fully saturated rings. The van der Waals surface area contributed by atoms with Crippen LogP contribution in [0.1, 0.15) is 26.7 Å². The first-order valence-corrected chi connectivity index (χ1v) is 5.30. The highest BCUT2D eigenvalue weighted by Gasteiger charge is 2.44. The summed E-state index contributed by atoms with van der Waals surface area (Å²) in [6, 6.07) is 2.30. The molecule has 68 valence electrons. The highest BCUT2D eigenvalue weighted by Crippen LogP contribution is 2.44. The maximum absolute atomic E-state index is 9.12. The van der Waals surface area contributed by atoms with E-state index in [0.29, 0.717) is 18.8 Å². The molecule has 1 saturated carbocycles. The molecule has 0 aromatic carbocycles. The minimum Gasteiger partial charge on any atom is -0.393 e. The topological polar surface area (TPSA) is 44.0 Å². The van der Waals surface area contributed by atoms with Gasteiger partial charge < -0.3 is 5.11 Å². The summed E-state index contributed by atoms with van der Waals surface area (Å²) in [6.45, 7) is 4.29. The molecule has 0 radical (unpaired) electrons. The number of hydrogen-bond acceptors (Lipinski definition) is 3. The first kappa shape index (κ1) is 9.88. The van der Waals surface area contributed by atoms with Crippen molar-refractivity contribution in [2.75, 3.05) is 5.75 Å². The van der Waals surface area contributed by atoms with Gasteiger partial charge in [-0.2, -0.15) is 5.26 Å². The van der Waals surface area contributed by atoms with Crippen molar-refractivity contribution in [3.8, 4) is 6.07 Å². The van der Waals surface area contributed by atoms with Crippen LogP contribution >= 0.6 is 11.8 Å². The van der Waals surface area contributed by atoms with Crippen LogP contribution in [0.4, 0.5) is 0 Å². The van der Waals surface area contributed by atoms with Gasteiger partial charge in [-0.1, -0.05) is 13.8 Å². The van der Waals surface area contributed by atoms with Gasteiger partial charge in [-0.05, 0) is 11.7 Å². The summed E-state index contributed by atoms with van der Waals surface area (Å²) >= 11 is 1.70. The van der Waals surface area contributed by atoms with E-state index in [1.54, 1.807) is 11.8 Å². The minimum atomic E-state index is -0.260. The van der Waals surface area contributed by atoms with Gasteiger partial charge in [0.2, 0.25) is 0 Å². The largest absolute Gasteiger partial charge is 0.393 e. The van der Waals surface area contributed by atoms with Crippen LogP contribution in [0.5, 0.6) is 0 Å². The maximum atomic E-state index is 9.12. The van der Waals surface area contributed by atoms with Crippen LogP contribution in [-0.4, -0.2) is 21.7 Å². The summed E-state index contributed by atoms with van der Waals surface area (Å²) in [5.74, 6) is 1.64. The van der Waals surface area contributed by atoms with Gasteiger partial charge in [0.05, 0.1) is 12.2 Å². The Kier molecular flexibility index (Phi) is 3.03. The molecule has 1 rings (SSSR count). The molecular formula is C9H15NOS. The van der Waals surface area contributed by atoms with E-state index in [2.05, 4.69) is 19.9 Å². The molecule has 1 aliphatic carbocycles. The van der Waals surface area contributed by atoms with E-state index in [1.165, 1.54) is 0 Å². The fourth-order valence-corrected chi connectivity index (χ4v) is 2.61. The Hall–Kier alpha value is -0.200. The molecule has 3 heteroatoms. The lowest BCUT2D eigenvalue weighted by atomic mass is 9.82. The van der Waals surface area contributed by atoms with E-state index >= 15 is 0 Å². The van der Waals surface area contributed by atoms with Crippen LogP contribution in [0.2, 0.25) is 0 Å². The Morgan fingerprint density at radius 2 is 2.25 bits per heavy atom. The number of rotatable bonds is 3. The van der Waals surface area contributed by atoms with E-state index in [9.17, 15) is 0 Å². The van der Waals surface area contributed by atoms with Crippen molar-refractivity contribution in [3.05, 3.63) is 0 Å². The molecular weight excluding hydrogens is 170 g/mol. The summed E-state index contributed by atoms with van der Waals surface area (Å²) < 4.78 is -0.260. The Morgan fingerprint density at radius 1 is 1.67 bits per heavy atom. The third-order valence-electron chi connectivity index (χ3n) is 2.03. The Bertz CT molecular complexity index is 191. The van der Waals surface area contributed by atoms with Gasteiger partial charge in [0.15, 0.2) is 0 Å². The lowest BCUT2D eigenvalue weighted by molar-refractivity contribution is 0.0803. The van der Waals surface area contributed by atoms with E-state index in [0.717, 1.165) is 5.75 Å². The van der Waals surface area contributed by atoms with Crippen LogP contribution in [0.3, 0.4) is 0 Å². The molecule has 0 amide bonds. The van der Waals surface area contributed by atoms with Gasteiger partial charge >= 0.3 is 0 Å². The van der Waals surface area contributed by atoms with Gasteiger partial charge in [-0.25, -0.2) is 0 Å². The Balaban J connectivity index is 2.34. The second-order valence-electron chi connectivity index (χ2n) is 3.87. The average Bonchev–Trinajstić information content (AvgIpc) is 1.95. The second-order valence-corrected chi connectivity index (χ2v) is 5.28. The zero-order valence-electron chi connectivity index (χ0n) is 7.58. The number of thioether (sulfide) groups is 1. The summed E-state index contributed by atoms with van der Waals surface area (Å²) in [5, 5.41) is 18.0. The highest BCUT2D eigenvalue weighted by molar-refractivity contribution is 8.00. The van der Waals surface area contributed by atoms with Crippen molar-refractivity contribution in [2.45, 2.75) is 37.5 Å². The second kappa shape index (κ2) is 3.68. The first-order chi connectivity index (χ1) is 5.58. The summed E-state index contributed by atoms with van der Waals surface area (Å²) in [4.78, 5) is 0. The number of nitriles is 1. The van der Waals surface area contributed by atoms with Gasteiger partial charge in [0.25, 0.3) is 0 Å². The van der Waals surface area contributed by atoms with Crippen molar-refractivity contribution in [2.24, 2.45) is 5.92 Å². The highest BCUT2D eigenvalue weighted by atomic mass is 32.2. The molecule has 0 aromatic rings. The zero-order valence-corrected chi connectivity index (χ0v) is 8.40. The molecule has 0 spiro atoms. The quantitative estimate of drug-likeness (QED) is 0.729. The molecule has 0 heterocycles. The van der Waals surface area contributed by atoms with Crippen LogP contribution in [-0.2, 0) is 0 Å². The smallest absolute Gasteiger partial charge is 0.107 e. The number of hydrogen-bond donors (Lipinski definition) is 1.